The van der Waals surface area contributed by atoms with Crippen LogP contribution in [0.1, 0.15) is 16.1 Å². The van der Waals surface area contributed by atoms with Gasteiger partial charge < -0.3 is 9.88 Å². The predicted molar refractivity (Wildman–Crippen MR) is 77.5 cm³/mol. The summed E-state index contributed by atoms with van der Waals surface area (Å²) < 4.78 is 3.28. The summed E-state index contributed by atoms with van der Waals surface area (Å²) in [5, 5.41) is 21.1. The maximum absolute atomic E-state index is 12.3. The molecule has 0 saturated heterocycles. The van der Waals surface area contributed by atoms with Gasteiger partial charge in [0.25, 0.3) is 5.91 Å². The Bertz CT molecular complexity index is 775. The molecule has 0 aliphatic rings. The van der Waals surface area contributed by atoms with Gasteiger partial charge in [0.15, 0.2) is 11.0 Å². The van der Waals surface area contributed by atoms with Gasteiger partial charge in [0.1, 0.15) is 11.9 Å². The third-order valence-corrected chi connectivity index (χ3v) is 3.84. The van der Waals surface area contributed by atoms with E-state index in [9.17, 15) is 4.79 Å². The molecule has 0 saturated carbocycles. The van der Waals surface area contributed by atoms with Crippen LogP contribution in [-0.2, 0) is 13.6 Å². The number of hydrogen-bond acceptors (Lipinski definition) is 7. The molecule has 2 N–H and O–H groups in total. The molecule has 11 heteroatoms. The molecule has 0 spiro atoms. The standard InChI is InChI=1S/C11H13N9OS/c1-19-7(4-13-11(19)22-2)3-12-10(21)8-5-14-16-9(8)20-6-15-17-18-20/h4-6H,3H2,1-2H3,(H,12,21)(H,14,16). The van der Waals surface area contributed by atoms with Crippen molar-refractivity contribution in [3.63, 3.8) is 0 Å². The van der Waals surface area contributed by atoms with Crippen molar-refractivity contribution >= 4 is 17.7 Å². The van der Waals surface area contributed by atoms with Gasteiger partial charge in [0.05, 0.1) is 24.6 Å². The summed E-state index contributed by atoms with van der Waals surface area (Å²) in [7, 11) is 1.91. The van der Waals surface area contributed by atoms with Crippen molar-refractivity contribution in [2.24, 2.45) is 7.05 Å². The molecule has 10 nitrogen and oxygen atoms in total. The van der Waals surface area contributed by atoms with E-state index in [4.69, 9.17) is 0 Å². The first kappa shape index (κ1) is 14.3. The van der Waals surface area contributed by atoms with E-state index in [0.717, 1.165) is 10.9 Å². The predicted octanol–water partition coefficient (Wildman–Crippen LogP) is -0.229. The van der Waals surface area contributed by atoms with Crippen LogP contribution in [0.5, 0.6) is 0 Å². The maximum atomic E-state index is 12.3. The summed E-state index contributed by atoms with van der Waals surface area (Å²) in [4.78, 5) is 16.6. The number of carbonyl (C=O) groups excluding carboxylic acids is 1. The molecule has 1 amide bonds. The fourth-order valence-corrected chi connectivity index (χ4v) is 2.48. The summed E-state index contributed by atoms with van der Waals surface area (Å²) in [5.41, 5.74) is 1.27. The van der Waals surface area contributed by atoms with Crippen molar-refractivity contribution in [3.05, 3.63) is 30.0 Å². The Labute approximate surface area is 129 Å². The van der Waals surface area contributed by atoms with Gasteiger partial charge in [-0.25, -0.2) is 4.98 Å². The molecule has 0 aromatic carbocycles. The van der Waals surface area contributed by atoms with Crippen molar-refractivity contribution in [2.75, 3.05) is 6.26 Å². The summed E-state index contributed by atoms with van der Waals surface area (Å²) in [6.07, 6.45) is 6.51. The van der Waals surface area contributed by atoms with E-state index < -0.39 is 0 Å². The number of nitrogens with one attached hydrogen (secondary N) is 2. The lowest BCUT2D eigenvalue weighted by molar-refractivity contribution is 0.0950. The number of hydrogen-bond donors (Lipinski definition) is 2. The van der Waals surface area contributed by atoms with E-state index in [2.05, 4.69) is 36.0 Å². The molecular weight excluding hydrogens is 306 g/mol. The summed E-state index contributed by atoms with van der Waals surface area (Å²) in [5.74, 6) is 0.142. The molecule has 0 aliphatic heterocycles. The van der Waals surface area contributed by atoms with Crippen LogP contribution in [0.3, 0.4) is 0 Å². The lowest BCUT2D eigenvalue weighted by atomic mass is 10.3. The fourth-order valence-electron chi connectivity index (χ4n) is 1.93. The second kappa shape index (κ2) is 5.97. The second-order valence-corrected chi connectivity index (χ2v) is 5.14. The van der Waals surface area contributed by atoms with Crippen LogP contribution in [0, 0.1) is 0 Å². The van der Waals surface area contributed by atoms with Crippen molar-refractivity contribution in [1.29, 1.82) is 0 Å². The quantitative estimate of drug-likeness (QED) is 0.623. The molecule has 0 atom stereocenters. The maximum Gasteiger partial charge on any atom is 0.257 e. The molecule has 3 aromatic rings. The van der Waals surface area contributed by atoms with E-state index in [1.54, 1.807) is 18.0 Å². The highest BCUT2D eigenvalue weighted by atomic mass is 32.2. The number of thioether (sulfide) groups is 1. The number of aromatic amines is 1. The normalized spacial score (nSPS) is 10.8. The van der Waals surface area contributed by atoms with Crippen molar-refractivity contribution in [2.45, 2.75) is 11.7 Å². The number of tetrazole rings is 1. The van der Waals surface area contributed by atoms with Crippen molar-refractivity contribution < 1.29 is 4.79 Å². The Kier molecular flexibility index (Phi) is 3.87. The lowest BCUT2D eigenvalue weighted by Gasteiger charge is -2.06. The molecule has 0 bridgehead atoms. The minimum atomic E-state index is -0.272. The zero-order valence-electron chi connectivity index (χ0n) is 11.9. The minimum absolute atomic E-state index is 0.272. The summed E-state index contributed by atoms with van der Waals surface area (Å²) >= 11 is 1.55. The highest BCUT2D eigenvalue weighted by molar-refractivity contribution is 7.98. The highest BCUT2D eigenvalue weighted by Gasteiger charge is 2.16. The first-order valence-corrected chi connectivity index (χ1v) is 7.52. The lowest BCUT2D eigenvalue weighted by Crippen LogP contribution is -2.24. The van der Waals surface area contributed by atoms with E-state index in [-0.39, 0.29) is 5.91 Å². The van der Waals surface area contributed by atoms with Crippen LogP contribution in [0.4, 0.5) is 0 Å². The Morgan fingerprint density at radius 2 is 2.32 bits per heavy atom. The largest absolute Gasteiger partial charge is 0.346 e. The van der Waals surface area contributed by atoms with Gasteiger partial charge >= 0.3 is 0 Å². The minimum Gasteiger partial charge on any atom is -0.346 e. The Morgan fingerprint density at radius 1 is 1.45 bits per heavy atom. The van der Waals surface area contributed by atoms with E-state index >= 15 is 0 Å². The molecule has 0 fully saturated rings. The molecule has 22 heavy (non-hydrogen) atoms. The zero-order valence-corrected chi connectivity index (χ0v) is 12.7. The highest BCUT2D eigenvalue weighted by Crippen LogP contribution is 2.14. The number of aromatic nitrogens is 8. The average Bonchev–Trinajstić information content (AvgIpc) is 3.25. The molecule has 0 unspecified atom stereocenters. The summed E-state index contributed by atoms with van der Waals surface area (Å²) in [6, 6.07) is 0. The Morgan fingerprint density at radius 3 is 3.00 bits per heavy atom. The molecule has 3 rings (SSSR count). The van der Waals surface area contributed by atoms with Crippen molar-refractivity contribution in [3.8, 4) is 5.82 Å². The molecule has 3 heterocycles. The van der Waals surface area contributed by atoms with Crippen LogP contribution < -0.4 is 5.32 Å². The van der Waals surface area contributed by atoms with Crippen LogP contribution in [0.2, 0.25) is 0 Å². The van der Waals surface area contributed by atoms with Gasteiger partial charge in [-0.2, -0.15) is 9.78 Å². The van der Waals surface area contributed by atoms with Crippen LogP contribution in [0.25, 0.3) is 5.82 Å². The number of imidazole rings is 1. The summed E-state index contributed by atoms with van der Waals surface area (Å²) in [6.45, 7) is 0.364. The van der Waals surface area contributed by atoms with Gasteiger partial charge in [-0.3, -0.25) is 9.89 Å². The topological polar surface area (TPSA) is 119 Å². The van der Waals surface area contributed by atoms with E-state index in [1.807, 2.05) is 17.9 Å². The third-order valence-electron chi connectivity index (χ3n) is 3.10. The second-order valence-electron chi connectivity index (χ2n) is 4.36. The van der Waals surface area contributed by atoms with E-state index in [1.165, 1.54) is 17.2 Å². The van der Waals surface area contributed by atoms with Gasteiger partial charge in [-0.15, -0.1) is 5.10 Å². The number of amides is 1. The van der Waals surface area contributed by atoms with Gasteiger partial charge in [0.2, 0.25) is 0 Å². The molecular formula is C11H13N9OS. The first-order valence-electron chi connectivity index (χ1n) is 6.30. The molecule has 114 valence electrons. The van der Waals surface area contributed by atoms with Crippen molar-refractivity contribution in [1.82, 2.24) is 45.3 Å². The number of nitrogens with zero attached hydrogens (tertiary/aromatic N) is 7. The average molecular weight is 319 g/mol. The smallest absolute Gasteiger partial charge is 0.257 e. The van der Waals surface area contributed by atoms with Gasteiger partial charge in [-0.05, 0) is 16.7 Å². The van der Waals surface area contributed by atoms with Crippen LogP contribution >= 0.6 is 11.8 Å². The SMILES string of the molecule is CSc1ncc(CNC(=O)c2cn[nH]c2-n2cnnn2)n1C. The van der Waals surface area contributed by atoms with E-state index in [0.29, 0.717) is 17.9 Å². The van der Waals surface area contributed by atoms with Crippen LogP contribution in [-0.4, -0.2) is 52.1 Å². The van der Waals surface area contributed by atoms with Crippen LogP contribution in [0.15, 0.2) is 23.9 Å². The fraction of sp³-hybridized carbons (Fsp3) is 0.273. The Hall–Kier alpha value is -2.69. The Balaban J connectivity index is 1.73. The number of rotatable bonds is 5. The zero-order chi connectivity index (χ0) is 15.5. The third kappa shape index (κ3) is 2.57. The number of carbonyl (C=O) groups is 1. The molecule has 3 aromatic heterocycles. The number of H-pyrrole nitrogens is 1. The monoisotopic (exact) mass is 319 g/mol. The van der Waals surface area contributed by atoms with Gasteiger partial charge in [-0.1, -0.05) is 11.8 Å². The first-order chi connectivity index (χ1) is 10.7. The molecule has 0 radical (unpaired) electrons. The van der Waals surface area contributed by atoms with Gasteiger partial charge in [0, 0.05) is 7.05 Å². The molecule has 0 aliphatic carbocycles.